The quantitative estimate of drug-likeness (QED) is 0.575. The van der Waals surface area contributed by atoms with Gasteiger partial charge in [-0.3, -0.25) is 4.79 Å². The number of hydrogen-bond donors (Lipinski definition) is 2. The maximum Gasteiger partial charge on any atom is 0.240 e. The Bertz CT molecular complexity index is 1200. The molecule has 0 aliphatic carbocycles. The highest BCUT2D eigenvalue weighted by Gasteiger charge is 2.07. The molecule has 28 heavy (non-hydrogen) atoms. The van der Waals surface area contributed by atoms with E-state index in [-0.39, 0.29) is 18.3 Å². The van der Waals surface area contributed by atoms with E-state index in [4.69, 9.17) is 11.0 Å². The summed E-state index contributed by atoms with van der Waals surface area (Å²) in [5, 5.41) is 15.8. The molecule has 0 saturated carbocycles. The molecule has 3 N–H and O–H groups in total. The smallest absolute Gasteiger partial charge is 0.240 e. The molecule has 0 unspecified atom stereocenters. The van der Waals surface area contributed by atoms with Gasteiger partial charge in [-0.15, -0.1) is 5.10 Å². The Morgan fingerprint density at radius 1 is 1.11 bits per heavy atom. The number of aromatic nitrogens is 3. The van der Waals surface area contributed by atoms with Crippen molar-refractivity contribution in [3.63, 3.8) is 0 Å². The largest absolute Gasteiger partial charge is 0.366 e. The zero-order valence-electron chi connectivity index (χ0n) is 14.8. The van der Waals surface area contributed by atoms with Gasteiger partial charge in [-0.2, -0.15) is 10.2 Å². The molecule has 0 bridgehead atoms. The Balaban J connectivity index is 1.46. The molecule has 0 spiro atoms. The lowest BCUT2D eigenvalue weighted by Crippen LogP contribution is -2.14. The number of pyridine rings is 1. The minimum atomic E-state index is -0.136. The predicted molar refractivity (Wildman–Crippen MR) is 106 cm³/mol. The molecular formula is C21H16N6O. The number of nitrogens with zero attached hydrogens (tertiary/aromatic N) is 4. The van der Waals surface area contributed by atoms with Crippen LogP contribution in [0, 0.1) is 11.3 Å². The van der Waals surface area contributed by atoms with Crippen molar-refractivity contribution >= 4 is 23.2 Å². The maximum absolute atomic E-state index is 12.3. The summed E-state index contributed by atoms with van der Waals surface area (Å²) in [5.41, 5.74) is 10.3. The molecule has 2 aromatic heterocycles. The zero-order chi connectivity index (χ0) is 19.5. The first-order valence-corrected chi connectivity index (χ1v) is 8.62. The highest BCUT2D eigenvalue weighted by Crippen LogP contribution is 2.21. The van der Waals surface area contributed by atoms with Gasteiger partial charge in [0.05, 0.1) is 18.1 Å². The minimum Gasteiger partial charge on any atom is -0.366 e. The number of hydrogen-bond acceptors (Lipinski definition) is 5. The van der Waals surface area contributed by atoms with Crippen LogP contribution in [0.4, 0.5) is 11.6 Å². The first kappa shape index (κ1) is 17.2. The number of fused-ring (bicyclic) bond motifs is 1. The predicted octanol–water partition coefficient (Wildman–Crippen LogP) is 3.03. The van der Waals surface area contributed by atoms with Gasteiger partial charge in [0.2, 0.25) is 11.9 Å². The summed E-state index contributed by atoms with van der Waals surface area (Å²) < 4.78 is 1.62. The van der Waals surface area contributed by atoms with Crippen LogP contribution in [0.15, 0.2) is 66.9 Å². The van der Waals surface area contributed by atoms with Crippen molar-refractivity contribution in [3.05, 3.63) is 78.0 Å². The molecule has 7 nitrogen and oxygen atoms in total. The lowest BCUT2D eigenvalue weighted by molar-refractivity contribution is -0.115. The number of carbonyl (C=O) groups is 1. The van der Waals surface area contributed by atoms with Crippen molar-refractivity contribution in [2.24, 2.45) is 0 Å². The van der Waals surface area contributed by atoms with Gasteiger partial charge < -0.3 is 11.1 Å². The van der Waals surface area contributed by atoms with Crippen LogP contribution in [0.1, 0.15) is 11.1 Å². The Labute approximate surface area is 161 Å². The first-order valence-electron chi connectivity index (χ1n) is 8.62. The van der Waals surface area contributed by atoms with Crippen LogP contribution in [0.3, 0.4) is 0 Å². The number of nitrogens with one attached hydrogen (secondary N) is 1. The van der Waals surface area contributed by atoms with Crippen molar-refractivity contribution in [2.75, 3.05) is 11.1 Å². The standard InChI is InChI=1S/C21H16N6O/c22-13-15-2-1-3-18(10-15)24-20(28)11-14-4-6-16(7-5-14)17-8-9-27-19(12-17)25-21(23)26-27/h1-10,12H,11H2,(H2,23,26)(H,24,28). The van der Waals surface area contributed by atoms with Crippen LogP contribution in [0.5, 0.6) is 0 Å². The summed E-state index contributed by atoms with van der Waals surface area (Å²) in [5.74, 6) is 0.0991. The van der Waals surface area contributed by atoms with E-state index < -0.39 is 0 Å². The Hall–Kier alpha value is -4.18. The van der Waals surface area contributed by atoms with E-state index in [1.165, 1.54) is 0 Å². The van der Waals surface area contributed by atoms with Gasteiger partial charge in [-0.05, 0) is 47.0 Å². The molecule has 136 valence electrons. The van der Waals surface area contributed by atoms with E-state index in [0.29, 0.717) is 16.9 Å². The fourth-order valence-electron chi connectivity index (χ4n) is 2.95. The lowest BCUT2D eigenvalue weighted by Gasteiger charge is -2.07. The summed E-state index contributed by atoms with van der Waals surface area (Å²) in [6, 6.07) is 20.5. The number of amides is 1. The molecule has 0 fully saturated rings. The average Bonchev–Trinajstić information content (AvgIpc) is 3.07. The molecule has 2 aromatic carbocycles. The molecule has 0 aliphatic heterocycles. The summed E-state index contributed by atoms with van der Waals surface area (Å²) in [7, 11) is 0. The van der Waals surface area contributed by atoms with Crippen LogP contribution in [0.25, 0.3) is 16.8 Å². The van der Waals surface area contributed by atoms with Gasteiger partial charge in [0, 0.05) is 11.9 Å². The maximum atomic E-state index is 12.3. The molecule has 0 saturated heterocycles. The molecule has 0 atom stereocenters. The molecular weight excluding hydrogens is 352 g/mol. The van der Waals surface area contributed by atoms with Crippen molar-refractivity contribution in [3.8, 4) is 17.2 Å². The molecule has 1 amide bonds. The topological polar surface area (TPSA) is 109 Å². The molecule has 2 heterocycles. The third-order valence-corrected chi connectivity index (χ3v) is 4.28. The van der Waals surface area contributed by atoms with Gasteiger partial charge in [0.15, 0.2) is 5.65 Å². The average molecular weight is 368 g/mol. The normalized spacial score (nSPS) is 10.5. The van der Waals surface area contributed by atoms with Crippen LogP contribution < -0.4 is 11.1 Å². The Morgan fingerprint density at radius 3 is 2.71 bits per heavy atom. The lowest BCUT2D eigenvalue weighted by atomic mass is 10.0. The summed E-state index contributed by atoms with van der Waals surface area (Å²) in [6.45, 7) is 0. The fourth-order valence-corrected chi connectivity index (χ4v) is 2.95. The third-order valence-electron chi connectivity index (χ3n) is 4.28. The highest BCUT2D eigenvalue weighted by molar-refractivity contribution is 5.92. The number of nitrogens with two attached hydrogens (primary N) is 1. The summed E-state index contributed by atoms with van der Waals surface area (Å²) in [6.07, 6.45) is 2.06. The zero-order valence-corrected chi connectivity index (χ0v) is 14.8. The second-order valence-electron chi connectivity index (χ2n) is 6.30. The van der Waals surface area contributed by atoms with E-state index in [2.05, 4.69) is 21.5 Å². The molecule has 4 rings (SSSR count). The van der Waals surface area contributed by atoms with Crippen molar-refractivity contribution in [1.29, 1.82) is 5.26 Å². The van der Waals surface area contributed by atoms with Crippen LogP contribution in [-0.2, 0) is 11.2 Å². The Morgan fingerprint density at radius 2 is 1.93 bits per heavy atom. The first-order chi connectivity index (χ1) is 13.6. The van der Waals surface area contributed by atoms with E-state index in [1.807, 2.05) is 42.6 Å². The number of nitriles is 1. The number of nitrogen functional groups attached to an aromatic ring is 1. The van der Waals surface area contributed by atoms with Crippen molar-refractivity contribution < 1.29 is 4.79 Å². The van der Waals surface area contributed by atoms with E-state index >= 15 is 0 Å². The third kappa shape index (κ3) is 3.66. The number of carbonyl (C=O) groups excluding carboxylic acids is 1. The number of anilines is 2. The number of benzene rings is 2. The van der Waals surface area contributed by atoms with Crippen LogP contribution >= 0.6 is 0 Å². The van der Waals surface area contributed by atoms with Crippen LogP contribution in [0.2, 0.25) is 0 Å². The second-order valence-corrected chi connectivity index (χ2v) is 6.30. The highest BCUT2D eigenvalue weighted by atomic mass is 16.1. The summed E-state index contributed by atoms with van der Waals surface area (Å²) >= 11 is 0. The van der Waals surface area contributed by atoms with Gasteiger partial charge in [-0.25, -0.2) is 4.52 Å². The van der Waals surface area contributed by atoms with Crippen molar-refractivity contribution in [2.45, 2.75) is 6.42 Å². The number of rotatable bonds is 4. The SMILES string of the molecule is N#Cc1cccc(NC(=O)Cc2ccc(-c3ccn4nc(N)nc4c3)cc2)c1. The van der Waals surface area contributed by atoms with Crippen molar-refractivity contribution in [1.82, 2.24) is 14.6 Å². The van der Waals surface area contributed by atoms with E-state index in [0.717, 1.165) is 16.7 Å². The minimum absolute atomic E-state index is 0.136. The van der Waals surface area contributed by atoms with Gasteiger partial charge in [0.25, 0.3) is 0 Å². The molecule has 0 aliphatic rings. The second kappa shape index (κ2) is 7.21. The Kier molecular flexibility index (Phi) is 4.44. The monoisotopic (exact) mass is 368 g/mol. The van der Waals surface area contributed by atoms with Gasteiger partial charge in [0.1, 0.15) is 0 Å². The van der Waals surface area contributed by atoms with Crippen LogP contribution in [-0.4, -0.2) is 20.5 Å². The fraction of sp³-hybridized carbons (Fsp3) is 0.0476. The molecule has 4 aromatic rings. The van der Waals surface area contributed by atoms with Gasteiger partial charge >= 0.3 is 0 Å². The van der Waals surface area contributed by atoms with E-state index in [1.54, 1.807) is 28.8 Å². The van der Waals surface area contributed by atoms with E-state index in [9.17, 15) is 4.79 Å². The summed E-state index contributed by atoms with van der Waals surface area (Å²) in [4.78, 5) is 16.4. The molecule has 7 heteroatoms. The molecule has 0 radical (unpaired) electrons. The van der Waals surface area contributed by atoms with Gasteiger partial charge in [-0.1, -0.05) is 30.3 Å².